The lowest BCUT2D eigenvalue weighted by Crippen LogP contribution is -2.56. The van der Waals surface area contributed by atoms with E-state index in [1.807, 2.05) is 7.05 Å². The highest BCUT2D eigenvalue weighted by Crippen LogP contribution is 2.35. The largest absolute Gasteiger partial charge is 0.306 e. The Balaban J connectivity index is 2.02. The van der Waals surface area contributed by atoms with E-state index >= 15 is 0 Å². The molecule has 2 amide bonds. The number of fused-ring (bicyclic) bond motifs is 1. The van der Waals surface area contributed by atoms with Crippen LogP contribution in [0, 0.1) is 11.3 Å². The Kier molecular flexibility index (Phi) is 2.80. The Hall–Kier alpha value is -2.26. The van der Waals surface area contributed by atoms with E-state index < -0.39 is 11.4 Å². The highest BCUT2D eigenvalue weighted by molar-refractivity contribution is 6.21. The van der Waals surface area contributed by atoms with Crippen LogP contribution in [0.1, 0.15) is 33.6 Å². The van der Waals surface area contributed by atoms with Crippen LogP contribution in [0.5, 0.6) is 0 Å². The van der Waals surface area contributed by atoms with Crippen LogP contribution >= 0.6 is 0 Å². The molecule has 0 bridgehead atoms. The van der Waals surface area contributed by atoms with Gasteiger partial charge in [-0.15, -0.1) is 0 Å². The van der Waals surface area contributed by atoms with E-state index in [0.29, 0.717) is 37.1 Å². The Labute approximate surface area is 116 Å². The summed E-state index contributed by atoms with van der Waals surface area (Å²) in [7, 11) is 1.97. The number of nitriles is 1. The number of rotatable bonds is 1. The molecule has 0 aliphatic carbocycles. The quantitative estimate of drug-likeness (QED) is 0.701. The fourth-order valence-corrected chi connectivity index (χ4v) is 2.85. The molecule has 0 spiro atoms. The van der Waals surface area contributed by atoms with Gasteiger partial charge in [0.1, 0.15) is 5.54 Å². The summed E-state index contributed by atoms with van der Waals surface area (Å²) in [6.07, 6.45) is 3.86. The number of aromatic nitrogens is 1. The van der Waals surface area contributed by atoms with Crippen molar-refractivity contribution >= 4 is 11.8 Å². The molecule has 6 heteroatoms. The van der Waals surface area contributed by atoms with E-state index in [1.54, 1.807) is 0 Å². The van der Waals surface area contributed by atoms with Gasteiger partial charge in [-0.3, -0.25) is 19.5 Å². The molecule has 102 valence electrons. The first kappa shape index (κ1) is 12.8. The van der Waals surface area contributed by atoms with Crippen LogP contribution in [-0.2, 0) is 0 Å². The van der Waals surface area contributed by atoms with Crippen LogP contribution in [0.15, 0.2) is 18.5 Å². The number of carbonyl (C=O) groups excluding carboxylic acids is 2. The Morgan fingerprint density at radius 2 is 1.90 bits per heavy atom. The predicted octanol–water partition coefficient (Wildman–Crippen LogP) is 0.666. The summed E-state index contributed by atoms with van der Waals surface area (Å²) < 4.78 is 0. The third-order valence-corrected chi connectivity index (χ3v) is 4.14. The number of hydrogen-bond acceptors (Lipinski definition) is 5. The second-order valence-corrected chi connectivity index (χ2v) is 5.31. The van der Waals surface area contributed by atoms with Gasteiger partial charge in [0, 0.05) is 25.5 Å². The highest BCUT2D eigenvalue weighted by atomic mass is 16.2. The second-order valence-electron chi connectivity index (χ2n) is 5.31. The number of imide groups is 1. The van der Waals surface area contributed by atoms with Crippen molar-refractivity contribution in [2.24, 2.45) is 0 Å². The zero-order chi connectivity index (χ0) is 14.3. The summed E-state index contributed by atoms with van der Waals surface area (Å²) in [6, 6.07) is 3.75. The molecule has 6 nitrogen and oxygen atoms in total. The first-order chi connectivity index (χ1) is 9.59. The normalized spacial score (nSPS) is 21.7. The maximum absolute atomic E-state index is 12.5. The molecule has 2 aliphatic rings. The molecule has 0 unspecified atom stereocenters. The average molecular weight is 270 g/mol. The molecule has 3 heterocycles. The average Bonchev–Trinajstić information content (AvgIpc) is 2.74. The van der Waals surface area contributed by atoms with E-state index in [-0.39, 0.29) is 5.91 Å². The first-order valence-electron chi connectivity index (χ1n) is 6.52. The number of amides is 2. The Morgan fingerprint density at radius 1 is 1.25 bits per heavy atom. The third-order valence-electron chi connectivity index (χ3n) is 4.14. The van der Waals surface area contributed by atoms with Crippen LogP contribution in [-0.4, -0.2) is 52.3 Å². The van der Waals surface area contributed by atoms with E-state index in [4.69, 9.17) is 0 Å². The zero-order valence-electron chi connectivity index (χ0n) is 11.2. The van der Waals surface area contributed by atoms with Gasteiger partial charge in [-0.1, -0.05) is 0 Å². The van der Waals surface area contributed by atoms with Crippen LogP contribution < -0.4 is 0 Å². The van der Waals surface area contributed by atoms with E-state index in [0.717, 1.165) is 4.90 Å². The summed E-state index contributed by atoms with van der Waals surface area (Å²) in [5.74, 6) is -0.775. The lowest BCUT2D eigenvalue weighted by molar-refractivity contribution is 0.0394. The predicted molar refractivity (Wildman–Crippen MR) is 69.8 cm³/mol. The van der Waals surface area contributed by atoms with Crippen LogP contribution in [0.4, 0.5) is 0 Å². The molecule has 0 radical (unpaired) electrons. The summed E-state index contributed by atoms with van der Waals surface area (Å²) in [6.45, 7) is 1.39. The monoisotopic (exact) mass is 270 g/mol. The van der Waals surface area contributed by atoms with Gasteiger partial charge in [-0.25, -0.2) is 0 Å². The molecule has 0 atom stereocenters. The van der Waals surface area contributed by atoms with Crippen molar-refractivity contribution < 1.29 is 9.59 Å². The number of nitrogens with zero attached hydrogens (tertiary/aromatic N) is 4. The van der Waals surface area contributed by atoms with Crippen molar-refractivity contribution in [1.82, 2.24) is 14.8 Å². The van der Waals surface area contributed by atoms with Gasteiger partial charge in [-0.2, -0.15) is 5.26 Å². The fourth-order valence-electron chi connectivity index (χ4n) is 2.85. The first-order valence-corrected chi connectivity index (χ1v) is 6.52. The van der Waals surface area contributed by atoms with Crippen molar-refractivity contribution in [1.29, 1.82) is 5.26 Å². The number of likely N-dealkylation sites (tertiary alicyclic amines) is 1. The van der Waals surface area contributed by atoms with Gasteiger partial charge < -0.3 is 4.90 Å². The van der Waals surface area contributed by atoms with Crippen molar-refractivity contribution in [2.45, 2.75) is 18.4 Å². The maximum atomic E-state index is 12.5. The topological polar surface area (TPSA) is 77.3 Å². The van der Waals surface area contributed by atoms with Crippen molar-refractivity contribution in [3.05, 3.63) is 29.6 Å². The minimum absolute atomic E-state index is 0.297. The minimum Gasteiger partial charge on any atom is -0.306 e. The lowest BCUT2D eigenvalue weighted by atomic mass is 9.87. The van der Waals surface area contributed by atoms with Gasteiger partial charge in [0.25, 0.3) is 11.8 Å². The van der Waals surface area contributed by atoms with Gasteiger partial charge in [-0.05, 0) is 26.0 Å². The van der Waals surface area contributed by atoms with Crippen molar-refractivity contribution in [2.75, 3.05) is 20.1 Å². The lowest BCUT2D eigenvalue weighted by Gasteiger charge is -2.40. The molecule has 1 aromatic heterocycles. The van der Waals surface area contributed by atoms with E-state index in [9.17, 15) is 14.9 Å². The van der Waals surface area contributed by atoms with Crippen molar-refractivity contribution in [3.8, 4) is 6.07 Å². The summed E-state index contributed by atoms with van der Waals surface area (Å²) in [4.78, 5) is 32.0. The van der Waals surface area contributed by atoms with Crippen molar-refractivity contribution in [3.63, 3.8) is 0 Å². The molecule has 1 aromatic rings. The van der Waals surface area contributed by atoms with Gasteiger partial charge in [0.15, 0.2) is 0 Å². The van der Waals surface area contributed by atoms with E-state index in [1.165, 1.54) is 18.5 Å². The molecule has 0 saturated carbocycles. The number of pyridine rings is 1. The van der Waals surface area contributed by atoms with Gasteiger partial charge in [0.05, 0.1) is 17.2 Å². The van der Waals surface area contributed by atoms with Crippen LogP contribution in [0.2, 0.25) is 0 Å². The summed E-state index contributed by atoms with van der Waals surface area (Å²) >= 11 is 0. The van der Waals surface area contributed by atoms with Gasteiger partial charge >= 0.3 is 0 Å². The van der Waals surface area contributed by atoms with Crippen LogP contribution in [0.3, 0.4) is 0 Å². The molecule has 0 aromatic carbocycles. The second kappa shape index (κ2) is 4.39. The Morgan fingerprint density at radius 3 is 2.50 bits per heavy atom. The molecular weight excluding hydrogens is 256 g/mol. The van der Waals surface area contributed by atoms with Crippen LogP contribution in [0.25, 0.3) is 0 Å². The highest BCUT2D eigenvalue weighted by Gasteiger charge is 2.50. The number of piperidine rings is 1. The number of carbonyl (C=O) groups is 2. The minimum atomic E-state index is -1.03. The molecule has 20 heavy (non-hydrogen) atoms. The Bertz CT molecular complexity index is 591. The fraction of sp³-hybridized carbons (Fsp3) is 0.429. The molecular formula is C14H14N4O2. The third kappa shape index (κ3) is 1.63. The molecule has 2 aliphatic heterocycles. The SMILES string of the molecule is CN1CCC(C#N)(N2C(=O)c3ccncc3C2=O)CC1. The molecule has 1 saturated heterocycles. The zero-order valence-corrected chi connectivity index (χ0v) is 11.2. The molecule has 0 N–H and O–H groups in total. The standard InChI is InChI=1S/C14H14N4O2/c1-17-6-3-14(9-15,4-7-17)18-12(19)10-2-5-16-8-11(10)13(18)20/h2,5,8H,3-4,6-7H2,1H3. The summed E-state index contributed by atoms with van der Waals surface area (Å²) in [5, 5.41) is 9.57. The maximum Gasteiger partial charge on any atom is 0.264 e. The van der Waals surface area contributed by atoms with E-state index in [2.05, 4.69) is 16.0 Å². The number of hydrogen-bond donors (Lipinski definition) is 0. The smallest absolute Gasteiger partial charge is 0.264 e. The summed E-state index contributed by atoms with van der Waals surface area (Å²) in [5.41, 5.74) is -0.385. The van der Waals surface area contributed by atoms with Gasteiger partial charge in [0.2, 0.25) is 0 Å². The molecule has 1 fully saturated rings. The molecule has 3 rings (SSSR count).